The van der Waals surface area contributed by atoms with Gasteiger partial charge in [0.05, 0.1) is 12.0 Å². The molecule has 1 N–H and O–H groups in total. The number of carbonyl (C=O) groups is 1. The van der Waals surface area contributed by atoms with Gasteiger partial charge in [-0.2, -0.15) is 0 Å². The molecule has 168 valence electrons. The first kappa shape index (κ1) is 22.5. The van der Waals surface area contributed by atoms with E-state index in [1.54, 1.807) is 0 Å². The summed E-state index contributed by atoms with van der Waals surface area (Å²) < 4.78 is 2.24. The Bertz CT molecular complexity index is 1040. The van der Waals surface area contributed by atoms with Gasteiger partial charge in [-0.3, -0.25) is 4.79 Å². The molecule has 3 aromatic carbocycles. The second-order valence-corrected chi connectivity index (χ2v) is 8.39. The summed E-state index contributed by atoms with van der Waals surface area (Å²) in [4.78, 5) is 15.5. The summed E-state index contributed by atoms with van der Waals surface area (Å²) in [7, 11) is 0. The molecule has 0 atom stereocenters. The average Bonchev–Trinajstić information content (AvgIpc) is 3.33. The fourth-order valence-electron chi connectivity index (χ4n) is 4.60. The Morgan fingerprint density at radius 2 is 1.21 bits per heavy atom. The van der Waals surface area contributed by atoms with E-state index >= 15 is 0 Å². The van der Waals surface area contributed by atoms with Crippen molar-refractivity contribution in [1.82, 2.24) is 9.55 Å². The predicted molar refractivity (Wildman–Crippen MR) is 131 cm³/mol. The first-order chi connectivity index (χ1) is 16.2. The number of nitrogens with zero attached hydrogens (tertiary/aromatic N) is 2. The van der Waals surface area contributed by atoms with E-state index in [9.17, 15) is 4.79 Å². The van der Waals surface area contributed by atoms with Crippen LogP contribution in [0.2, 0.25) is 0 Å². The molecular weight excluding hydrogens is 408 g/mol. The van der Waals surface area contributed by atoms with Crippen molar-refractivity contribution in [3.05, 3.63) is 126 Å². The van der Waals surface area contributed by atoms with Crippen molar-refractivity contribution in [3.8, 4) is 0 Å². The molecule has 0 aliphatic carbocycles. The lowest BCUT2D eigenvalue weighted by Crippen LogP contribution is -2.36. The Kier molecular flexibility index (Phi) is 7.36. The lowest BCUT2D eigenvalue weighted by molar-refractivity contribution is -0.137. The largest absolute Gasteiger partial charge is 0.481 e. The number of hydrogen-bond acceptors (Lipinski definition) is 2. The molecule has 0 saturated carbocycles. The van der Waals surface area contributed by atoms with Crippen molar-refractivity contribution in [1.29, 1.82) is 0 Å². The zero-order valence-corrected chi connectivity index (χ0v) is 18.8. The molecule has 1 aromatic heterocycles. The third-order valence-corrected chi connectivity index (χ3v) is 6.17. The number of benzene rings is 3. The van der Waals surface area contributed by atoms with Gasteiger partial charge in [-0.05, 0) is 36.0 Å². The Morgan fingerprint density at radius 3 is 1.70 bits per heavy atom. The van der Waals surface area contributed by atoms with Crippen LogP contribution >= 0.6 is 0 Å². The van der Waals surface area contributed by atoms with Gasteiger partial charge < -0.3 is 9.67 Å². The summed E-state index contributed by atoms with van der Waals surface area (Å²) >= 11 is 0. The molecule has 0 aliphatic rings. The van der Waals surface area contributed by atoms with Crippen LogP contribution in [0.5, 0.6) is 0 Å². The van der Waals surface area contributed by atoms with Gasteiger partial charge in [0.1, 0.15) is 5.54 Å². The van der Waals surface area contributed by atoms with E-state index < -0.39 is 11.5 Å². The van der Waals surface area contributed by atoms with Gasteiger partial charge in [0, 0.05) is 12.6 Å². The normalized spacial score (nSPS) is 11.4. The zero-order valence-electron chi connectivity index (χ0n) is 18.8. The van der Waals surface area contributed by atoms with Crippen molar-refractivity contribution in [2.24, 2.45) is 0 Å². The van der Waals surface area contributed by atoms with Gasteiger partial charge in [-0.15, -0.1) is 0 Å². The quantitative estimate of drug-likeness (QED) is 0.221. The van der Waals surface area contributed by atoms with Crippen molar-refractivity contribution >= 4 is 5.97 Å². The number of aliphatic carboxylic acids is 1. The number of aromatic nitrogens is 2. The van der Waals surface area contributed by atoms with E-state index in [-0.39, 0.29) is 6.42 Å². The highest BCUT2D eigenvalue weighted by molar-refractivity contribution is 5.66. The van der Waals surface area contributed by atoms with Crippen LogP contribution in [0.25, 0.3) is 0 Å². The maximum absolute atomic E-state index is 10.7. The Morgan fingerprint density at radius 1 is 0.727 bits per heavy atom. The second kappa shape index (κ2) is 10.8. The number of carboxylic acids is 1. The maximum Gasteiger partial charge on any atom is 0.303 e. The summed E-state index contributed by atoms with van der Waals surface area (Å²) in [6, 6.07) is 31.8. The molecule has 4 aromatic rings. The van der Waals surface area contributed by atoms with E-state index in [0.717, 1.165) is 37.8 Å². The Labute approximate surface area is 195 Å². The number of unbranched alkanes of at least 4 members (excludes halogenated alkanes) is 3. The van der Waals surface area contributed by atoms with Gasteiger partial charge >= 0.3 is 5.97 Å². The van der Waals surface area contributed by atoms with Crippen LogP contribution in [0.3, 0.4) is 0 Å². The Balaban J connectivity index is 1.69. The molecule has 0 saturated heterocycles. The van der Waals surface area contributed by atoms with Gasteiger partial charge in [0.25, 0.3) is 0 Å². The third kappa shape index (κ3) is 5.06. The molecule has 33 heavy (non-hydrogen) atoms. The van der Waals surface area contributed by atoms with Crippen LogP contribution < -0.4 is 0 Å². The zero-order chi connectivity index (χ0) is 22.9. The number of carboxylic acid groups (broad SMARTS) is 1. The molecule has 4 heteroatoms. The van der Waals surface area contributed by atoms with Crippen molar-refractivity contribution in [3.63, 3.8) is 0 Å². The molecule has 0 amide bonds. The molecule has 0 fully saturated rings. The number of aryl methyl sites for hydroxylation is 1. The molecule has 4 rings (SSSR count). The summed E-state index contributed by atoms with van der Waals surface area (Å²) in [6.07, 6.45) is 8.96. The second-order valence-electron chi connectivity index (χ2n) is 8.39. The van der Waals surface area contributed by atoms with E-state index in [0.29, 0.717) is 0 Å². The maximum atomic E-state index is 10.7. The number of imidazole rings is 1. The minimum atomic E-state index is -0.715. The molecule has 0 aliphatic heterocycles. The highest BCUT2D eigenvalue weighted by atomic mass is 16.4. The number of rotatable bonds is 11. The molecule has 1 heterocycles. The van der Waals surface area contributed by atoms with Crippen LogP contribution in [-0.2, 0) is 16.8 Å². The smallest absolute Gasteiger partial charge is 0.303 e. The predicted octanol–water partition coefficient (Wildman–Crippen LogP) is 6.30. The summed E-state index contributed by atoms with van der Waals surface area (Å²) in [5.74, 6) is -0.715. The van der Waals surface area contributed by atoms with Gasteiger partial charge in [0.2, 0.25) is 0 Å². The highest BCUT2D eigenvalue weighted by Gasteiger charge is 2.38. The topological polar surface area (TPSA) is 55.1 Å². The van der Waals surface area contributed by atoms with Gasteiger partial charge in [0.15, 0.2) is 0 Å². The van der Waals surface area contributed by atoms with Crippen LogP contribution in [0, 0.1) is 0 Å². The molecular formula is C29H30N2O2. The standard InChI is InChI=1S/C29H30N2O2/c32-28(33)21-13-2-1-12-20-27-22-31(23-30-27)29(24-14-6-3-7-15-24,25-16-8-4-9-17-25)26-18-10-5-11-19-26/h3-11,14-19,22-23H,1-2,12-13,20-21H2,(H,32,33). The minimum absolute atomic E-state index is 0.252. The van der Waals surface area contributed by atoms with E-state index in [2.05, 4.69) is 83.6 Å². The van der Waals surface area contributed by atoms with E-state index in [4.69, 9.17) is 10.1 Å². The van der Waals surface area contributed by atoms with Gasteiger partial charge in [-0.1, -0.05) is 104 Å². The van der Waals surface area contributed by atoms with Crippen LogP contribution in [-0.4, -0.2) is 20.6 Å². The van der Waals surface area contributed by atoms with Crippen molar-refractivity contribution < 1.29 is 9.90 Å². The number of hydrogen-bond donors (Lipinski definition) is 1. The summed E-state index contributed by atoms with van der Waals surface area (Å²) in [5, 5.41) is 8.80. The average molecular weight is 439 g/mol. The molecule has 0 spiro atoms. The Hall–Kier alpha value is -3.66. The molecule has 0 unspecified atom stereocenters. The van der Waals surface area contributed by atoms with Crippen LogP contribution in [0.1, 0.15) is 54.5 Å². The highest BCUT2D eigenvalue weighted by Crippen LogP contribution is 2.40. The fraction of sp³-hybridized carbons (Fsp3) is 0.241. The van der Waals surface area contributed by atoms with Gasteiger partial charge in [-0.25, -0.2) is 4.98 Å². The summed E-state index contributed by atoms with van der Waals surface area (Å²) in [5.41, 5.74) is 4.07. The van der Waals surface area contributed by atoms with E-state index in [1.165, 1.54) is 16.7 Å². The fourth-order valence-corrected chi connectivity index (χ4v) is 4.60. The molecule has 4 nitrogen and oxygen atoms in total. The lowest BCUT2D eigenvalue weighted by Gasteiger charge is -2.37. The minimum Gasteiger partial charge on any atom is -0.481 e. The van der Waals surface area contributed by atoms with Crippen LogP contribution in [0.15, 0.2) is 104 Å². The lowest BCUT2D eigenvalue weighted by atomic mass is 9.77. The van der Waals surface area contributed by atoms with Crippen LogP contribution in [0.4, 0.5) is 0 Å². The monoisotopic (exact) mass is 438 g/mol. The SMILES string of the molecule is O=C(O)CCCCCCc1cn(C(c2ccccc2)(c2ccccc2)c2ccccc2)cn1. The van der Waals surface area contributed by atoms with Crippen molar-refractivity contribution in [2.75, 3.05) is 0 Å². The molecule has 0 bridgehead atoms. The first-order valence-corrected chi connectivity index (χ1v) is 11.6. The summed E-state index contributed by atoms with van der Waals surface area (Å²) in [6.45, 7) is 0. The molecule has 0 radical (unpaired) electrons. The first-order valence-electron chi connectivity index (χ1n) is 11.6. The van der Waals surface area contributed by atoms with Crippen molar-refractivity contribution in [2.45, 2.75) is 44.1 Å². The van der Waals surface area contributed by atoms with E-state index in [1.807, 2.05) is 24.5 Å². The third-order valence-electron chi connectivity index (χ3n) is 6.17.